The number of ether oxygens (including phenoxy) is 2. The maximum atomic E-state index is 13.4. The van der Waals surface area contributed by atoms with Crippen molar-refractivity contribution in [2.24, 2.45) is 5.41 Å². The summed E-state index contributed by atoms with van der Waals surface area (Å²) in [5.74, 6) is 0.967. The molecule has 4 aromatic rings. The van der Waals surface area contributed by atoms with Gasteiger partial charge in [-0.2, -0.15) is 0 Å². The molecule has 0 saturated heterocycles. The summed E-state index contributed by atoms with van der Waals surface area (Å²) in [7, 11) is 3.17. The molecule has 2 fully saturated rings. The van der Waals surface area contributed by atoms with Gasteiger partial charge in [-0.3, -0.25) is 14.3 Å². The first kappa shape index (κ1) is 28.0. The second-order valence-corrected chi connectivity index (χ2v) is 12.8. The maximum absolute atomic E-state index is 13.4. The molecule has 0 radical (unpaired) electrons. The number of nitrogens with zero attached hydrogens (tertiary/aromatic N) is 1. The Labute approximate surface area is 256 Å². The van der Waals surface area contributed by atoms with Crippen molar-refractivity contribution in [2.75, 3.05) is 14.2 Å². The van der Waals surface area contributed by atoms with Gasteiger partial charge in [-0.15, -0.1) is 0 Å². The predicted molar refractivity (Wildman–Crippen MR) is 170 cm³/mol. The van der Waals surface area contributed by atoms with Crippen LogP contribution in [-0.4, -0.2) is 30.7 Å². The average Bonchev–Trinajstić information content (AvgIpc) is 3.73. The van der Waals surface area contributed by atoms with E-state index < -0.39 is 5.41 Å². The maximum Gasteiger partial charge on any atom is 0.314 e. The summed E-state index contributed by atoms with van der Waals surface area (Å²) < 4.78 is 19.5. The summed E-state index contributed by atoms with van der Waals surface area (Å²) in [5, 5.41) is 1.18. The number of fused-ring (bicyclic) bond motifs is 7. The van der Waals surface area contributed by atoms with E-state index in [1.165, 1.54) is 55.1 Å². The molecule has 7 rings (SSSR count). The summed E-state index contributed by atoms with van der Waals surface area (Å²) in [6.45, 7) is 1.17. The number of rotatable bonds is 8. The number of esters is 1. The molecule has 2 heterocycles. The molecule has 3 aromatic carbocycles. The van der Waals surface area contributed by atoms with Gasteiger partial charge in [0.15, 0.2) is 0 Å². The zero-order chi connectivity index (χ0) is 29.6. The summed E-state index contributed by atoms with van der Waals surface area (Å²) in [4.78, 5) is 26.7. The van der Waals surface area contributed by atoms with Crippen molar-refractivity contribution in [1.82, 2.24) is 14.0 Å². The number of carbonyl (C=O) groups is 2. The van der Waals surface area contributed by atoms with Crippen molar-refractivity contribution in [1.29, 1.82) is 0 Å². The third-order valence-electron chi connectivity index (χ3n) is 9.71. The minimum absolute atomic E-state index is 0.0674. The van der Waals surface area contributed by atoms with E-state index in [1.54, 1.807) is 7.11 Å². The highest BCUT2D eigenvalue weighted by Crippen LogP contribution is 2.66. The van der Waals surface area contributed by atoms with Crippen LogP contribution in [0.3, 0.4) is 0 Å². The fraction of sp³-hybridized carbons (Fsp3) is 0.371. The van der Waals surface area contributed by atoms with Crippen LogP contribution in [0.1, 0.15) is 77.4 Å². The first-order chi connectivity index (χ1) is 21.0. The Morgan fingerprint density at radius 3 is 2.58 bits per heavy atom. The van der Waals surface area contributed by atoms with Crippen LogP contribution < -0.4 is 14.2 Å². The molecule has 0 spiro atoms. The Balaban J connectivity index is 1.31. The summed E-state index contributed by atoms with van der Waals surface area (Å²) in [6.07, 6.45) is 6.74. The van der Waals surface area contributed by atoms with Gasteiger partial charge in [0.25, 0.3) is 5.91 Å². The molecule has 2 N–H and O–H groups in total. The topological polar surface area (TPSA) is 81.6 Å². The van der Waals surface area contributed by atoms with Crippen molar-refractivity contribution in [3.8, 4) is 17.0 Å². The van der Waals surface area contributed by atoms with Gasteiger partial charge in [-0.05, 0) is 72.2 Å². The summed E-state index contributed by atoms with van der Waals surface area (Å²) in [6, 6.07) is 22.5. The highest BCUT2D eigenvalue weighted by atomic mass is 32.2. The van der Waals surface area contributed by atoms with Crippen LogP contribution >= 0.6 is 12.1 Å². The van der Waals surface area contributed by atoms with E-state index in [9.17, 15) is 9.59 Å². The van der Waals surface area contributed by atoms with E-state index in [2.05, 4.69) is 32.2 Å². The highest BCUT2D eigenvalue weighted by Gasteiger charge is 2.63. The first-order valence-electron chi connectivity index (χ1n) is 15.2. The van der Waals surface area contributed by atoms with Gasteiger partial charge < -0.3 is 14.0 Å². The molecule has 222 valence electrons. The second kappa shape index (κ2) is 11.4. The normalized spacial score (nSPS) is 20.8. The van der Waals surface area contributed by atoms with E-state index in [1.807, 2.05) is 48.5 Å². The third-order valence-corrected chi connectivity index (χ3v) is 10.3. The third kappa shape index (κ3) is 4.90. The van der Waals surface area contributed by atoms with Crippen molar-refractivity contribution in [3.05, 3.63) is 89.0 Å². The molecule has 2 atom stereocenters. The highest BCUT2D eigenvalue weighted by molar-refractivity contribution is 7.96. The lowest BCUT2D eigenvalue weighted by Gasteiger charge is -2.24. The zero-order valence-corrected chi connectivity index (χ0v) is 25.5. The fourth-order valence-corrected chi connectivity index (χ4v) is 7.99. The Kier molecular flexibility index (Phi) is 7.43. The Morgan fingerprint density at radius 1 is 1.00 bits per heavy atom. The first-order valence-corrected chi connectivity index (χ1v) is 16.0. The van der Waals surface area contributed by atoms with Crippen LogP contribution in [0.2, 0.25) is 0 Å². The van der Waals surface area contributed by atoms with Gasteiger partial charge in [0, 0.05) is 53.2 Å². The minimum Gasteiger partial charge on any atom is -0.497 e. The van der Waals surface area contributed by atoms with Crippen LogP contribution in [-0.2, 0) is 22.6 Å². The van der Waals surface area contributed by atoms with Gasteiger partial charge in [-0.25, -0.2) is 4.72 Å². The lowest BCUT2D eigenvalue weighted by Crippen LogP contribution is -2.24. The quantitative estimate of drug-likeness (QED) is 0.128. The average molecular weight is 596 g/mol. The van der Waals surface area contributed by atoms with Crippen LogP contribution in [0.15, 0.2) is 66.7 Å². The van der Waals surface area contributed by atoms with Gasteiger partial charge in [0.2, 0.25) is 0 Å². The number of carbonyl (C=O) groups excluding carboxylic acids is 2. The van der Waals surface area contributed by atoms with Crippen LogP contribution in [0.5, 0.6) is 5.75 Å². The minimum atomic E-state index is -0.633. The Morgan fingerprint density at radius 2 is 1.81 bits per heavy atom. The van der Waals surface area contributed by atoms with Crippen LogP contribution in [0, 0.1) is 5.41 Å². The molecule has 7 nitrogen and oxygen atoms in total. The number of nitrogens with one attached hydrogen (secondary N) is 2. The molecular formula is C35H37N3O4S. The number of methoxy groups -OCH3 is 2. The molecule has 8 heteroatoms. The van der Waals surface area contributed by atoms with Gasteiger partial charge in [0.1, 0.15) is 5.75 Å². The molecular weight excluding hydrogens is 558 g/mol. The van der Waals surface area contributed by atoms with Gasteiger partial charge in [0.05, 0.1) is 25.3 Å². The number of hydrogen-bond acceptors (Lipinski definition) is 6. The van der Waals surface area contributed by atoms with Gasteiger partial charge in [-0.1, -0.05) is 55.7 Å². The Bertz CT molecular complexity index is 1690. The molecule has 1 amide bonds. The van der Waals surface area contributed by atoms with E-state index in [0.29, 0.717) is 24.6 Å². The Hall–Kier alpha value is -3.75. The molecule has 0 bridgehead atoms. The molecule has 1 aromatic heterocycles. The smallest absolute Gasteiger partial charge is 0.314 e. The van der Waals surface area contributed by atoms with E-state index in [-0.39, 0.29) is 17.8 Å². The van der Waals surface area contributed by atoms with Crippen LogP contribution in [0.25, 0.3) is 22.2 Å². The van der Waals surface area contributed by atoms with Crippen molar-refractivity contribution in [3.63, 3.8) is 0 Å². The SMILES string of the molecule is COC(=O)C12CC1c1cc(OC)ccc1-c1c(C3CCCCC3)c3ccc(C(=O)NSNCc4ccccc4)cc3n1C2. The molecule has 2 aliphatic carbocycles. The van der Waals surface area contributed by atoms with Crippen molar-refractivity contribution in [2.45, 2.75) is 63.5 Å². The zero-order valence-electron chi connectivity index (χ0n) is 24.7. The van der Waals surface area contributed by atoms with E-state index in [4.69, 9.17) is 9.47 Å². The summed E-state index contributed by atoms with van der Waals surface area (Å²) in [5.41, 5.74) is 6.97. The van der Waals surface area contributed by atoms with Crippen molar-refractivity contribution >= 4 is 34.9 Å². The fourth-order valence-electron chi connectivity index (χ4n) is 7.47. The lowest BCUT2D eigenvalue weighted by molar-refractivity contribution is -0.147. The van der Waals surface area contributed by atoms with E-state index >= 15 is 0 Å². The standard InChI is InChI=1S/C35H37N3O4S/c1-41-25-14-16-26-28(18-25)29-19-35(29,34(40)42-2)21-38-30-17-24(33(39)37-43-36-20-22-9-5-3-6-10-22)13-15-27(30)31(32(26)38)23-11-7-4-8-12-23/h3,5-6,9-10,13-18,23,29,36H,4,7-8,11-12,19-21H2,1-2H3,(H,37,39). The molecule has 2 saturated carbocycles. The number of hydrogen-bond donors (Lipinski definition) is 2. The van der Waals surface area contributed by atoms with Crippen molar-refractivity contribution < 1.29 is 19.1 Å². The summed E-state index contributed by atoms with van der Waals surface area (Å²) >= 11 is 1.19. The number of amides is 1. The number of benzene rings is 3. The van der Waals surface area contributed by atoms with Crippen LogP contribution in [0.4, 0.5) is 0 Å². The molecule has 2 unspecified atom stereocenters. The molecule has 3 aliphatic rings. The lowest BCUT2D eigenvalue weighted by atomic mass is 9.81. The second-order valence-electron chi connectivity index (χ2n) is 12.1. The molecule has 1 aliphatic heterocycles. The predicted octanol–water partition coefficient (Wildman–Crippen LogP) is 7.11. The van der Waals surface area contributed by atoms with Gasteiger partial charge >= 0.3 is 5.97 Å². The monoisotopic (exact) mass is 595 g/mol. The van der Waals surface area contributed by atoms with E-state index in [0.717, 1.165) is 47.2 Å². The number of aromatic nitrogens is 1. The largest absolute Gasteiger partial charge is 0.497 e. The molecule has 43 heavy (non-hydrogen) atoms.